The Labute approximate surface area is 163 Å². The van der Waals surface area contributed by atoms with Crippen molar-refractivity contribution in [1.82, 2.24) is 5.32 Å². The quantitative estimate of drug-likeness (QED) is 0.751. The van der Waals surface area contributed by atoms with Crippen molar-refractivity contribution >= 4 is 34.2 Å². The molecular weight excluding hydrogens is 390 g/mol. The van der Waals surface area contributed by atoms with Crippen LogP contribution in [0, 0.1) is 11.6 Å². The Kier molecular flexibility index (Phi) is 6.03. The summed E-state index contributed by atoms with van der Waals surface area (Å²) in [7, 11) is 1.13. The van der Waals surface area contributed by atoms with Gasteiger partial charge in [-0.25, -0.2) is 13.6 Å². The fraction of sp³-hybridized carbons (Fsp3) is 0.316. The monoisotopic (exact) mass is 408 g/mol. The van der Waals surface area contributed by atoms with Gasteiger partial charge in [0.25, 0.3) is 11.8 Å². The summed E-state index contributed by atoms with van der Waals surface area (Å²) in [6, 6.07) is 3.11. The lowest BCUT2D eigenvalue weighted by Gasteiger charge is -2.09. The molecule has 1 aromatic carbocycles. The van der Waals surface area contributed by atoms with Crippen LogP contribution in [0.3, 0.4) is 0 Å². The van der Waals surface area contributed by atoms with Crippen LogP contribution in [0.5, 0.6) is 0 Å². The Hall–Kier alpha value is -2.81. The zero-order valence-electron chi connectivity index (χ0n) is 15.1. The van der Waals surface area contributed by atoms with Crippen LogP contribution in [0.1, 0.15) is 50.4 Å². The highest BCUT2D eigenvalue weighted by Gasteiger charge is 2.28. The summed E-state index contributed by atoms with van der Waals surface area (Å²) >= 11 is 1.18. The Morgan fingerprint density at radius 3 is 2.36 bits per heavy atom. The number of halogens is 2. The fourth-order valence-electron chi connectivity index (χ4n) is 3.16. The molecule has 0 spiro atoms. The van der Waals surface area contributed by atoms with Gasteiger partial charge in [-0.15, -0.1) is 11.3 Å². The summed E-state index contributed by atoms with van der Waals surface area (Å²) in [5, 5.41) is 4.68. The predicted molar refractivity (Wildman–Crippen MR) is 99.8 cm³/mol. The molecule has 2 aromatic rings. The third-order valence-corrected chi connectivity index (χ3v) is 5.67. The molecule has 1 aliphatic carbocycles. The van der Waals surface area contributed by atoms with E-state index in [4.69, 9.17) is 0 Å². The maximum Gasteiger partial charge on any atom is 0.413 e. The van der Waals surface area contributed by atoms with Crippen LogP contribution in [-0.2, 0) is 17.6 Å². The zero-order chi connectivity index (χ0) is 20.3. The van der Waals surface area contributed by atoms with Crippen LogP contribution in [0.4, 0.5) is 18.6 Å². The molecule has 28 heavy (non-hydrogen) atoms. The van der Waals surface area contributed by atoms with Crippen LogP contribution in [0.2, 0.25) is 0 Å². The molecule has 0 aliphatic heterocycles. The molecule has 0 bridgehead atoms. The maximum absolute atomic E-state index is 13.9. The van der Waals surface area contributed by atoms with Gasteiger partial charge in [0.2, 0.25) is 0 Å². The normalized spacial score (nSPS) is 13.2. The van der Waals surface area contributed by atoms with Crippen molar-refractivity contribution in [3.63, 3.8) is 0 Å². The third-order valence-electron chi connectivity index (χ3n) is 4.47. The first-order valence-corrected chi connectivity index (χ1v) is 9.53. The fourth-order valence-corrected chi connectivity index (χ4v) is 4.44. The molecule has 148 valence electrons. The lowest BCUT2D eigenvalue weighted by molar-refractivity contribution is 0.0937. The summed E-state index contributed by atoms with van der Waals surface area (Å²) in [4.78, 5) is 37.5. The predicted octanol–water partition coefficient (Wildman–Crippen LogP) is 4.04. The molecule has 1 aromatic heterocycles. The molecule has 0 atom stereocenters. The largest absolute Gasteiger partial charge is 0.453 e. The van der Waals surface area contributed by atoms with Gasteiger partial charge in [-0.2, -0.15) is 0 Å². The van der Waals surface area contributed by atoms with E-state index in [2.05, 4.69) is 15.4 Å². The van der Waals surface area contributed by atoms with Gasteiger partial charge in [-0.05, 0) is 43.4 Å². The molecule has 0 fully saturated rings. The molecule has 1 heterocycles. The average molecular weight is 408 g/mol. The van der Waals surface area contributed by atoms with E-state index < -0.39 is 35.1 Å². The Morgan fingerprint density at radius 1 is 1.00 bits per heavy atom. The van der Waals surface area contributed by atoms with E-state index in [1.165, 1.54) is 11.3 Å². The van der Waals surface area contributed by atoms with Crippen molar-refractivity contribution in [1.29, 1.82) is 0 Å². The van der Waals surface area contributed by atoms with Gasteiger partial charge in [-0.3, -0.25) is 14.9 Å². The smallest absolute Gasteiger partial charge is 0.413 e. The van der Waals surface area contributed by atoms with Crippen molar-refractivity contribution in [2.45, 2.75) is 32.1 Å². The maximum atomic E-state index is 13.9. The van der Waals surface area contributed by atoms with Crippen molar-refractivity contribution in [2.24, 2.45) is 0 Å². The summed E-state index contributed by atoms with van der Waals surface area (Å²) in [5.74, 6) is -3.73. The number of amides is 3. The molecule has 0 radical (unpaired) electrons. The molecule has 2 N–H and O–H groups in total. The molecule has 3 rings (SSSR count). The van der Waals surface area contributed by atoms with Gasteiger partial charge in [-0.1, -0.05) is 12.5 Å². The van der Waals surface area contributed by atoms with E-state index in [1.807, 2.05) is 0 Å². The van der Waals surface area contributed by atoms with Crippen molar-refractivity contribution in [2.75, 3.05) is 12.4 Å². The number of imide groups is 1. The van der Waals surface area contributed by atoms with Gasteiger partial charge in [0.1, 0.15) is 22.2 Å². The van der Waals surface area contributed by atoms with E-state index >= 15 is 0 Å². The number of thiophene rings is 1. The van der Waals surface area contributed by atoms with Crippen molar-refractivity contribution < 1.29 is 27.9 Å². The number of anilines is 1. The topological polar surface area (TPSA) is 84.5 Å². The number of hydrogen-bond acceptors (Lipinski definition) is 5. The number of methoxy groups -OCH3 is 1. The summed E-state index contributed by atoms with van der Waals surface area (Å²) in [6.07, 6.45) is 3.19. The van der Waals surface area contributed by atoms with Crippen LogP contribution < -0.4 is 10.6 Å². The number of alkyl carbamates (subject to hydrolysis) is 1. The number of aryl methyl sites for hydroxylation is 1. The molecule has 0 saturated heterocycles. The van der Waals surface area contributed by atoms with Gasteiger partial charge in [0, 0.05) is 4.88 Å². The Morgan fingerprint density at radius 2 is 1.68 bits per heavy atom. The summed E-state index contributed by atoms with van der Waals surface area (Å²) < 4.78 is 32.3. The number of ether oxygens (including phenoxy) is 1. The molecule has 3 amide bonds. The van der Waals surface area contributed by atoms with Crippen LogP contribution in [-0.4, -0.2) is 25.0 Å². The minimum Gasteiger partial charge on any atom is -0.453 e. The van der Waals surface area contributed by atoms with Gasteiger partial charge < -0.3 is 10.1 Å². The number of fused-ring (bicyclic) bond motifs is 1. The van der Waals surface area contributed by atoms with E-state index in [0.717, 1.165) is 61.4 Å². The van der Waals surface area contributed by atoms with E-state index in [1.54, 1.807) is 0 Å². The lowest BCUT2D eigenvalue weighted by atomic mass is 10.0. The first-order chi connectivity index (χ1) is 13.4. The highest BCUT2D eigenvalue weighted by molar-refractivity contribution is 7.17. The Bertz CT molecular complexity index is 922. The molecule has 0 unspecified atom stereocenters. The van der Waals surface area contributed by atoms with Gasteiger partial charge in [0.05, 0.1) is 12.7 Å². The van der Waals surface area contributed by atoms with Gasteiger partial charge >= 0.3 is 6.09 Å². The molecule has 1 aliphatic rings. The second-order valence-corrected chi connectivity index (χ2v) is 7.37. The first kappa shape index (κ1) is 19.9. The van der Waals surface area contributed by atoms with Gasteiger partial charge in [0.15, 0.2) is 0 Å². The second-order valence-electron chi connectivity index (χ2n) is 6.27. The number of carbonyl (C=O) groups excluding carboxylic acids is 3. The Balaban J connectivity index is 1.99. The summed E-state index contributed by atoms with van der Waals surface area (Å²) in [5.41, 5.74) is 0.149. The minimum atomic E-state index is -1.00. The standard InChI is InChI=1S/C19H18F2N2O4S/c1-27-19(26)23-16(24)14-10-6-3-2-4-9-13(10)28-18(14)22-17(25)15-11(20)7-5-8-12(15)21/h5,7-8H,2-4,6,9H2,1H3,(H,22,25)(H,23,24,26). The summed E-state index contributed by atoms with van der Waals surface area (Å²) in [6.45, 7) is 0. The third kappa shape index (κ3) is 4.04. The number of rotatable bonds is 3. The molecule has 6 nitrogen and oxygen atoms in total. The van der Waals surface area contributed by atoms with E-state index in [-0.39, 0.29) is 10.6 Å². The van der Waals surface area contributed by atoms with E-state index in [0.29, 0.717) is 6.42 Å². The zero-order valence-corrected chi connectivity index (χ0v) is 15.9. The van der Waals surface area contributed by atoms with Crippen LogP contribution >= 0.6 is 11.3 Å². The minimum absolute atomic E-state index is 0.136. The molecular formula is C19H18F2N2O4S. The van der Waals surface area contributed by atoms with Crippen molar-refractivity contribution in [3.05, 3.63) is 51.4 Å². The number of benzene rings is 1. The highest BCUT2D eigenvalue weighted by atomic mass is 32.1. The number of hydrogen-bond donors (Lipinski definition) is 2. The van der Waals surface area contributed by atoms with Crippen LogP contribution in [0.15, 0.2) is 18.2 Å². The molecule has 0 saturated carbocycles. The average Bonchev–Trinajstić information content (AvgIpc) is 2.82. The first-order valence-electron chi connectivity index (χ1n) is 8.71. The number of nitrogens with one attached hydrogen (secondary N) is 2. The molecule has 9 heteroatoms. The van der Waals surface area contributed by atoms with E-state index in [9.17, 15) is 23.2 Å². The SMILES string of the molecule is COC(=O)NC(=O)c1c(NC(=O)c2c(F)cccc2F)sc2c1CCCCC2. The van der Waals surface area contributed by atoms with Crippen molar-refractivity contribution in [3.8, 4) is 0 Å². The lowest BCUT2D eigenvalue weighted by Crippen LogP contribution is -2.31. The van der Waals surface area contributed by atoms with Crippen LogP contribution in [0.25, 0.3) is 0 Å². The number of carbonyl (C=O) groups is 3. The highest BCUT2D eigenvalue weighted by Crippen LogP contribution is 2.38. The second kappa shape index (κ2) is 8.47.